The Balaban J connectivity index is 1.49. The van der Waals surface area contributed by atoms with E-state index in [9.17, 15) is 14.7 Å². The molecule has 1 saturated carbocycles. The lowest BCUT2D eigenvalue weighted by Crippen LogP contribution is -2.51. The molecule has 2 aromatic rings. The molecule has 1 aliphatic carbocycles. The van der Waals surface area contributed by atoms with Crippen molar-refractivity contribution in [1.82, 2.24) is 19.9 Å². The van der Waals surface area contributed by atoms with E-state index in [2.05, 4.69) is 15.3 Å². The van der Waals surface area contributed by atoms with Gasteiger partial charge in [0.25, 0.3) is 5.91 Å². The first-order valence-corrected chi connectivity index (χ1v) is 8.82. The first-order chi connectivity index (χ1) is 12.6. The number of anilines is 1. The Hall–Kier alpha value is -2.90. The predicted molar refractivity (Wildman–Crippen MR) is 94.0 cm³/mol. The van der Waals surface area contributed by atoms with E-state index in [-0.39, 0.29) is 5.91 Å². The summed E-state index contributed by atoms with van der Waals surface area (Å²) in [6, 6.07) is 3.79. The second kappa shape index (κ2) is 6.44. The summed E-state index contributed by atoms with van der Waals surface area (Å²) < 4.78 is 1.68. The summed E-state index contributed by atoms with van der Waals surface area (Å²) in [6.45, 7) is 1.09. The van der Waals surface area contributed by atoms with Crippen molar-refractivity contribution in [3.8, 4) is 0 Å². The van der Waals surface area contributed by atoms with E-state index in [1.807, 2.05) is 4.90 Å². The van der Waals surface area contributed by atoms with Gasteiger partial charge in [-0.25, -0.2) is 14.8 Å². The fourth-order valence-electron chi connectivity index (χ4n) is 3.43. The standard InChI is InChI=1S/C18H21N5O3/c24-16(21-14-1-2-14)13-3-6-20-15(11-13)22-8-4-18(5-9-22,17(25)26)23-10-7-19-12-23/h3,6-7,10-12,14H,1-2,4-5,8-9H2,(H,21,24)(H,25,26). The Morgan fingerprint density at radius 3 is 2.62 bits per heavy atom. The predicted octanol–water partition coefficient (Wildman–Crippen LogP) is 1.25. The summed E-state index contributed by atoms with van der Waals surface area (Å²) in [7, 11) is 0. The van der Waals surface area contributed by atoms with Gasteiger partial charge in [-0.1, -0.05) is 0 Å². The average Bonchev–Trinajstić information content (AvgIpc) is 3.30. The van der Waals surface area contributed by atoms with Crippen molar-refractivity contribution in [1.29, 1.82) is 0 Å². The van der Waals surface area contributed by atoms with Crippen LogP contribution in [0.2, 0.25) is 0 Å². The van der Waals surface area contributed by atoms with Gasteiger partial charge in [-0.05, 0) is 37.8 Å². The Bertz CT molecular complexity index is 808. The van der Waals surface area contributed by atoms with Gasteiger partial charge in [-0.2, -0.15) is 0 Å². The van der Waals surface area contributed by atoms with Crippen molar-refractivity contribution >= 4 is 17.7 Å². The van der Waals surface area contributed by atoms with Gasteiger partial charge in [0.1, 0.15) is 11.4 Å². The molecule has 8 nitrogen and oxygen atoms in total. The molecule has 1 amide bonds. The molecule has 4 rings (SSSR count). The molecule has 1 saturated heterocycles. The molecule has 0 aromatic carbocycles. The lowest BCUT2D eigenvalue weighted by Gasteiger charge is -2.40. The van der Waals surface area contributed by atoms with Gasteiger partial charge in [0.05, 0.1) is 6.33 Å². The number of imidazole rings is 1. The number of carboxylic acid groups (broad SMARTS) is 1. The Labute approximate surface area is 150 Å². The van der Waals surface area contributed by atoms with Crippen LogP contribution < -0.4 is 10.2 Å². The minimum absolute atomic E-state index is 0.0774. The number of pyridine rings is 1. The van der Waals surface area contributed by atoms with Crippen molar-refractivity contribution in [3.63, 3.8) is 0 Å². The van der Waals surface area contributed by atoms with Crippen molar-refractivity contribution in [2.45, 2.75) is 37.3 Å². The summed E-state index contributed by atoms with van der Waals surface area (Å²) in [5.74, 6) is -0.217. The number of nitrogens with zero attached hydrogens (tertiary/aromatic N) is 4. The summed E-state index contributed by atoms with van der Waals surface area (Å²) in [5, 5.41) is 12.8. The molecule has 1 aliphatic heterocycles. The van der Waals surface area contributed by atoms with Crippen molar-refractivity contribution < 1.29 is 14.7 Å². The third-order valence-electron chi connectivity index (χ3n) is 5.23. The van der Waals surface area contributed by atoms with Crippen LogP contribution in [0.1, 0.15) is 36.0 Å². The van der Waals surface area contributed by atoms with Crippen LogP contribution in [-0.4, -0.2) is 50.6 Å². The third-order valence-corrected chi connectivity index (χ3v) is 5.23. The second-order valence-corrected chi connectivity index (χ2v) is 6.94. The molecule has 26 heavy (non-hydrogen) atoms. The SMILES string of the molecule is O=C(NC1CC1)c1ccnc(N2CCC(C(=O)O)(n3ccnc3)CC2)c1. The summed E-state index contributed by atoms with van der Waals surface area (Å²) >= 11 is 0. The van der Waals surface area contributed by atoms with E-state index < -0.39 is 11.5 Å². The first-order valence-electron chi connectivity index (χ1n) is 8.82. The zero-order chi connectivity index (χ0) is 18.1. The van der Waals surface area contributed by atoms with E-state index in [1.165, 1.54) is 0 Å². The van der Waals surface area contributed by atoms with Crippen LogP contribution in [0.25, 0.3) is 0 Å². The highest BCUT2D eigenvalue weighted by molar-refractivity contribution is 5.95. The number of hydrogen-bond acceptors (Lipinski definition) is 5. The zero-order valence-corrected chi connectivity index (χ0v) is 14.3. The number of aliphatic carboxylic acids is 1. The van der Waals surface area contributed by atoms with Crippen molar-refractivity contribution in [2.24, 2.45) is 0 Å². The maximum atomic E-state index is 12.2. The highest BCUT2D eigenvalue weighted by atomic mass is 16.4. The number of piperidine rings is 1. The van der Waals surface area contributed by atoms with E-state index in [0.717, 1.165) is 12.8 Å². The summed E-state index contributed by atoms with van der Waals surface area (Å²) in [4.78, 5) is 34.6. The summed E-state index contributed by atoms with van der Waals surface area (Å²) in [6.07, 6.45) is 9.46. The number of carbonyl (C=O) groups excluding carboxylic acids is 1. The number of aromatic nitrogens is 3. The smallest absolute Gasteiger partial charge is 0.330 e. The highest BCUT2D eigenvalue weighted by Crippen LogP contribution is 2.32. The number of carboxylic acids is 1. The van der Waals surface area contributed by atoms with Gasteiger partial charge in [-0.3, -0.25) is 4.79 Å². The molecule has 0 radical (unpaired) electrons. The molecule has 3 heterocycles. The number of rotatable bonds is 5. The van der Waals surface area contributed by atoms with Gasteiger partial charge in [-0.15, -0.1) is 0 Å². The second-order valence-electron chi connectivity index (χ2n) is 6.94. The Morgan fingerprint density at radius 2 is 2.00 bits per heavy atom. The number of hydrogen-bond donors (Lipinski definition) is 2. The number of nitrogens with one attached hydrogen (secondary N) is 1. The largest absolute Gasteiger partial charge is 0.479 e. The normalized spacial score (nSPS) is 19.2. The molecule has 2 aliphatic rings. The molecule has 2 aromatic heterocycles. The average molecular weight is 355 g/mol. The molecule has 0 spiro atoms. The van der Waals surface area contributed by atoms with Crippen LogP contribution in [0.3, 0.4) is 0 Å². The molecule has 136 valence electrons. The third kappa shape index (κ3) is 3.02. The van der Waals surface area contributed by atoms with Crippen LogP contribution in [0.15, 0.2) is 37.1 Å². The van der Waals surface area contributed by atoms with Crippen molar-refractivity contribution in [3.05, 3.63) is 42.6 Å². The van der Waals surface area contributed by atoms with E-state index in [4.69, 9.17) is 0 Å². The molecule has 8 heteroatoms. The van der Waals surface area contributed by atoms with Gasteiger partial charge < -0.3 is 19.9 Å². The monoisotopic (exact) mass is 355 g/mol. The van der Waals surface area contributed by atoms with E-state index in [0.29, 0.717) is 43.4 Å². The lowest BCUT2D eigenvalue weighted by molar-refractivity contribution is -0.148. The van der Waals surface area contributed by atoms with Crippen molar-refractivity contribution in [2.75, 3.05) is 18.0 Å². The van der Waals surface area contributed by atoms with Gasteiger partial charge in [0.15, 0.2) is 0 Å². The molecule has 0 atom stereocenters. The fraction of sp³-hybridized carbons (Fsp3) is 0.444. The van der Waals surface area contributed by atoms with Crippen LogP contribution in [0.5, 0.6) is 0 Å². The van der Waals surface area contributed by atoms with Crippen LogP contribution in [0, 0.1) is 0 Å². The molecule has 0 unspecified atom stereocenters. The topological polar surface area (TPSA) is 100 Å². The number of amides is 1. The minimum atomic E-state index is -0.978. The van der Waals surface area contributed by atoms with Gasteiger partial charge >= 0.3 is 5.97 Å². The van der Waals surface area contributed by atoms with Crippen LogP contribution >= 0.6 is 0 Å². The minimum Gasteiger partial charge on any atom is -0.479 e. The first kappa shape index (κ1) is 16.6. The Morgan fingerprint density at radius 1 is 1.23 bits per heavy atom. The highest BCUT2D eigenvalue weighted by Gasteiger charge is 2.43. The molecule has 2 N–H and O–H groups in total. The Kier molecular flexibility index (Phi) is 4.10. The van der Waals surface area contributed by atoms with Crippen LogP contribution in [0.4, 0.5) is 5.82 Å². The van der Waals surface area contributed by atoms with E-state index in [1.54, 1.807) is 41.6 Å². The fourth-order valence-corrected chi connectivity index (χ4v) is 3.43. The molecular weight excluding hydrogens is 334 g/mol. The van der Waals surface area contributed by atoms with E-state index >= 15 is 0 Å². The van der Waals surface area contributed by atoms with Gasteiger partial charge in [0, 0.05) is 43.3 Å². The quantitative estimate of drug-likeness (QED) is 0.837. The maximum absolute atomic E-state index is 12.2. The van der Waals surface area contributed by atoms with Crippen LogP contribution in [-0.2, 0) is 10.3 Å². The van der Waals surface area contributed by atoms with Gasteiger partial charge in [0.2, 0.25) is 0 Å². The lowest BCUT2D eigenvalue weighted by atomic mass is 9.87. The number of carbonyl (C=O) groups is 2. The molecule has 2 fully saturated rings. The molecular formula is C18H21N5O3. The zero-order valence-electron chi connectivity index (χ0n) is 14.3. The maximum Gasteiger partial charge on any atom is 0.330 e. The molecule has 0 bridgehead atoms. The summed E-state index contributed by atoms with van der Waals surface area (Å²) in [5.41, 5.74) is -0.389.